The van der Waals surface area contributed by atoms with E-state index in [0.29, 0.717) is 39.4 Å². The van der Waals surface area contributed by atoms with Crippen molar-refractivity contribution < 1.29 is 19.1 Å². The number of carbonyl (C=O) groups excluding carboxylic acids is 2. The highest BCUT2D eigenvalue weighted by Crippen LogP contribution is 2.14. The number of nitrogens with one attached hydrogen (secondary N) is 1. The van der Waals surface area contributed by atoms with Crippen molar-refractivity contribution in [2.24, 2.45) is 0 Å². The van der Waals surface area contributed by atoms with Gasteiger partial charge in [0.15, 0.2) is 0 Å². The Morgan fingerprint density at radius 2 is 2.28 bits per heavy atom. The molecule has 0 aromatic rings. The number of carbonyl (C=O) groups is 2. The highest BCUT2D eigenvalue weighted by molar-refractivity contribution is 5.80. The molecule has 2 saturated heterocycles. The molecule has 18 heavy (non-hydrogen) atoms. The Labute approximate surface area is 106 Å². The Morgan fingerprint density at radius 1 is 1.44 bits per heavy atom. The fourth-order valence-electron chi connectivity index (χ4n) is 2.22. The maximum Gasteiger partial charge on any atom is 0.317 e. The van der Waals surface area contributed by atoms with Gasteiger partial charge in [-0.05, 0) is 0 Å². The number of nitrogens with zero attached hydrogens (tertiary/aromatic N) is 2. The number of hydrogen-bond acceptors (Lipinski definition) is 4. The van der Waals surface area contributed by atoms with Crippen molar-refractivity contribution in [1.29, 1.82) is 0 Å². The topological polar surface area (TPSA) is 71.1 Å². The van der Waals surface area contributed by atoms with E-state index in [9.17, 15) is 9.59 Å². The Balaban J connectivity index is 1.74. The summed E-state index contributed by atoms with van der Waals surface area (Å²) in [5.74, 6) is -0.0231. The van der Waals surface area contributed by atoms with Crippen molar-refractivity contribution in [3.63, 3.8) is 0 Å². The minimum Gasteiger partial charge on any atom is -0.382 e. The summed E-state index contributed by atoms with van der Waals surface area (Å²) in [6.45, 7) is 3.38. The molecular formula is C11H19N3O4. The third-order valence-corrected chi connectivity index (χ3v) is 3.24. The second kappa shape index (κ2) is 6.01. The number of methoxy groups -OCH3 is 1. The molecule has 2 heterocycles. The Morgan fingerprint density at radius 3 is 3.06 bits per heavy atom. The third-order valence-electron chi connectivity index (χ3n) is 3.24. The van der Waals surface area contributed by atoms with Gasteiger partial charge in [0.1, 0.15) is 6.61 Å². The summed E-state index contributed by atoms with van der Waals surface area (Å²) in [4.78, 5) is 26.8. The Hall–Kier alpha value is -1.34. The fraction of sp³-hybridized carbons (Fsp3) is 0.818. The van der Waals surface area contributed by atoms with E-state index in [0.717, 1.165) is 0 Å². The zero-order chi connectivity index (χ0) is 13.0. The standard InChI is InChI=1S/C11H19N3O4/c1-17-4-5-18-8-10(15)13-2-3-14-9(7-13)6-12-11(14)16/h9H,2-8H2,1H3,(H,12,16). The molecule has 7 heteroatoms. The van der Waals surface area contributed by atoms with E-state index in [2.05, 4.69) is 5.32 Å². The molecule has 0 bridgehead atoms. The van der Waals surface area contributed by atoms with E-state index in [4.69, 9.17) is 9.47 Å². The molecule has 2 fully saturated rings. The first-order chi connectivity index (χ1) is 8.72. The summed E-state index contributed by atoms with van der Waals surface area (Å²) in [6, 6.07) is 0.0811. The fourth-order valence-corrected chi connectivity index (χ4v) is 2.22. The lowest BCUT2D eigenvalue weighted by atomic mass is 10.2. The summed E-state index contributed by atoms with van der Waals surface area (Å²) in [5.41, 5.74) is 0. The Kier molecular flexibility index (Phi) is 4.38. The number of amides is 3. The predicted octanol–water partition coefficient (Wildman–Crippen LogP) is -1.11. The summed E-state index contributed by atoms with van der Waals surface area (Å²) in [5, 5.41) is 2.78. The van der Waals surface area contributed by atoms with Crippen LogP contribution in [0.25, 0.3) is 0 Å². The van der Waals surface area contributed by atoms with Crippen LogP contribution in [0.5, 0.6) is 0 Å². The highest BCUT2D eigenvalue weighted by atomic mass is 16.5. The van der Waals surface area contributed by atoms with Crippen molar-refractivity contribution in [3.05, 3.63) is 0 Å². The van der Waals surface area contributed by atoms with Gasteiger partial charge in [0.05, 0.1) is 19.3 Å². The number of fused-ring (bicyclic) bond motifs is 1. The van der Waals surface area contributed by atoms with E-state index >= 15 is 0 Å². The monoisotopic (exact) mass is 257 g/mol. The van der Waals surface area contributed by atoms with Gasteiger partial charge in [-0.25, -0.2) is 4.79 Å². The van der Waals surface area contributed by atoms with Gasteiger partial charge >= 0.3 is 6.03 Å². The number of urea groups is 1. The number of piperazine rings is 1. The average molecular weight is 257 g/mol. The molecule has 2 aliphatic heterocycles. The lowest BCUT2D eigenvalue weighted by molar-refractivity contribution is -0.138. The van der Waals surface area contributed by atoms with Crippen LogP contribution < -0.4 is 5.32 Å². The number of hydrogen-bond donors (Lipinski definition) is 1. The normalized spacial score (nSPS) is 22.9. The molecule has 2 aliphatic rings. The molecule has 0 saturated carbocycles. The second-order valence-electron chi connectivity index (χ2n) is 4.42. The average Bonchev–Trinajstić information content (AvgIpc) is 2.76. The minimum atomic E-state index is -0.0246. The van der Waals surface area contributed by atoms with Gasteiger partial charge < -0.3 is 24.6 Å². The van der Waals surface area contributed by atoms with Crippen LogP contribution in [-0.2, 0) is 14.3 Å². The van der Waals surface area contributed by atoms with E-state index in [1.165, 1.54) is 0 Å². The van der Waals surface area contributed by atoms with Crippen LogP contribution in [0.4, 0.5) is 4.79 Å². The second-order valence-corrected chi connectivity index (χ2v) is 4.42. The van der Waals surface area contributed by atoms with Crippen LogP contribution in [0.1, 0.15) is 0 Å². The number of ether oxygens (including phenoxy) is 2. The molecule has 0 aromatic carbocycles. The first-order valence-corrected chi connectivity index (χ1v) is 6.11. The van der Waals surface area contributed by atoms with Gasteiger partial charge in [0, 0.05) is 33.3 Å². The quantitative estimate of drug-likeness (QED) is 0.634. The van der Waals surface area contributed by atoms with Crippen LogP contribution in [0.3, 0.4) is 0 Å². The van der Waals surface area contributed by atoms with Crippen molar-refractivity contribution in [2.75, 3.05) is 53.1 Å². The molecule has 1 atom stereocenters. The van der Waals surface area contributed by atoms with Crippen molar-refractivity contribution >= 4 is 11.9 Å². The Bertz CT molecular complexity index is 323. The van der Waals surface area contributed by atoms with Gasteiger partial charge in [-0.15, -0.1) is 0 Å². The zero-order valence-corrected chi connectivity index (χ0v) is 10.6. The van der Waals surface area contributed by atoms with Gasteiger partial charge in [0.2, 0.25) is 5.91 Å². The summed E-state index contributed by atoms with van der Waals surface area (Å²) >= 11 is 0. The van der Waals surface area contributed by atoms with Crippen LogP contribution in [0.2, 0.25) is 0 Å². The SMILES string of the molecule is COCCOCC(=O)N1CCN2C(=O)NCC2C1. The van der Waals surface area contributed by atoms with Crippen LogP contribution in [0, 0.1) is 0 Å². The molecule has 0 aromatic heterocycles. The lowest BCUT2D eigenvalue weighted by Crippen LogP contribution is -2.54. The maximum atomic E-state index is 11.9. The molecular weight excluding hydrogens is 238 g/mol. The van der Waals surface area contributed by atoms with E-state index in [1.807, 2.05) is 0 Å². The van der Waals surface area contributed by atoms with Crippen LogP contribution in [-0.4, -0.2) is 80.9 Å². The van der Waals surface area contributed by atoms with Gasteiger partial charge in [-0.3, -0.25) is 4.79 Å². The highest BCUT2D eigenvalue weighted by Gasteiger charge is 2.36. The third kappa shape index (κ3) is 2.91. The largest absolute Gasteiger partial charge is 0.382 e. The van der Waals surface area contributed by atoms with Crippen molar-refractivity contribution in [3.8, 4) is 0 Å². The maximum absolute atomic E-state index is 11.9. The van der Waals surface area contributed by atoms with Crippen molar-refractivity contribution in [1.82, 2.24) is 15.1 Å². The van der Waals surface area contributed by atoms with Gasteiger partial charge in [-0.1, -0.05) is 0 Å². The molecule has 0 radical (unpaired) electrons. The van der Waals surface area contributed by atoms with E-state index < -0.39 is 0 Å². The smallest absolute Gasteiger partial charge is 0.317 e. The molecule has 0 spiro atoms. The lowest BCUT2D eigenvalue weighted by Gasteiger charge is -2.36. The van der Waals surface area contributed by atoms with E-state index in [-0.39, 0.29) is 24.6 Å². The zero-order valence-electron chi connectivity index (χ0n) is 10.6. The molecule has 2 rings (SSSR count). The molecule has 1 unspecified atom stereocenters. The van der Waals surface area contributed by atoms with Crippen molar-refractivity contribution in [2.45, 2.75) is 6.04 Å². The van der Waals surface area contributed by atoms with Gasteiger partial charge in [0.25, 0.3) is 0 Å². The van der Waals surface area contributed by atoms with E-state index in [1.54, 1.807) is 16.9 Å². The molecule has 7 nitrogen and oxygen atoms in total. The summed E-state index contributed by atoms with van der Waals surface area (Å²) in [6.07, 6.45) is 0. The predicted molar refractivity (Wildman–Crippen MR) is 63.2 cm³/mol. The molecule has 1 N–H and O–H groups in total. The first-order valence-electron chi connectivity index (χ1n) is 6.11. The minimum absolute atomic E-state index is 0.0231. The number of rotatable bonds is 5. The summed E-state index contributed by atoms with van der Waals surface area (Å²) < 4.78 is 10.0. The molecule has 102 valence electrons. The summed E-state index contributed by atoms with van der Waals surface area (Å²) in [7, 11) is 1.59. The van der Waals surface area contributed by atoms with Crippen LogP contribution in [0.15, 0.2) is 0 Å². The van der Waals surface area contributed by atoms with Gasteiger partial charge in [-0.2, -0.15) is 0 Å². The van der Waals surface area contributed by atoms with Crippen LogP contribution >= 0.6 is 0 Å². The molecule has 0 aliphatic carbocycles. The first kappa shape index (κ1) is 13.1. The molecule has 3 amide bonds.